The summed E-state index contributed by atoms with van der Waals surface area (Å²) in [5, 5.41) is 20.3. The summed E-state index contributed by atoms with van der Waals surface area (Å²) >= 11 is 1.41. The Bertz CT molecular complexity index is 1340. The molecule has 0 radical (unpaired) electrons. The van der Waals surface area contributed by atoms with Crippen LogP contribution in [0, 0.1) is 6.92 Å². The van der Waals surface area contributed by atoms with Crippen LogP contribution >= 0.6 is 11.8 Å². The van der Waals surface area contributed by atoms with Gasteiger partial charge in [0.1, 0.15) is 22.8 Å². The smallest absolute Gasteiger partial charge is 0.253 e. The molecule has 5 rings (SSSR count). The van der Waals surface area contributed by atoms with Gasteiger partial charge in [-0.15, -0.1) is 15.3 Å². The summed E-state index contributed by atoms with van der Waals surface area (Å²) in [5.74, 6) is 2.58. The van der Waals surface area contributed by atoms with Crippen molar-refractivity contribution in [1.82, 2.24) is 30.5 Å². The molecule has 0 aliphatic rings. The highest BCUT2D eigenvalue weighted by molar-refractivity contribution is 7.98. The van der Waals surface area contributed by atoms with E-state index >= 15 is 0 Å². The van der Waals surface area contributed by atoms with Gasteiger partial charge in [0.25, 0.3) is 5.89 Å². The van der Waals surface area contributed by atoms with Crippen molar-refractivity contribution in [2.75, 3.05) is 0 Å². The molecule has 3 heterocycles. The first-order valence-corrected chi connectivity index (χ1v) is 10.9. The fourth-order valence-corrected chi connectivity index (χ4v) is 3.74. The summed E-state index contributed by atoms with van der Waals surface area (Å²) in [7, 11) is 0. The van der Waals surface area contributed by atoms with Gasteiger partial charge in [0, 0.05) is 5.56 Å². The van der Waals surface area contributed by atoms with E-state index in [1.165, 1.54) is 11.8 Å². The number of nitrogens with zero attached hydrogens (tertiary/aromatic N) is 5. The second kappa shape index (κ2) is 9.03. The number of nitrogens with one attached hydrogen (secondary N) is 1. The molecule has 0 aliphatic carbocycles. The van der Waals surface area contributed by atoms with E-state index in [9.17, 15) is 0 Å². The molecule has 5 aromatic rings. The topological polar surface area (TPSA) is 107 Å². The lowest BCUT2D eigenvalue weighted by Crippen LogP contribution is -1.84. The number of hydrogen-bond acceptors (Lipinski definition) is 8. The molecular formula is C23H18N6O2S. The number of aromatic amines is 1. The third-order valence-corrected chi connectivity index (χ3v) is 5.46. The molecule has 3 aromatic heterocycles. The predicted octanol–water partition coefficient (Wildman–Crippen LogP) is 5.28. The van der Waals surface area contributed by atoms with Gasteiger partial charge in [0.2, 0.25) is 11.0 Å². The van der Waals surface area contributed by atoms with Crippen LogP contribution in [-0.4, -0.2) is 30.5 Å². The van der Waals surface area contributed by atoms with Crippen LogP contribution in [0.25, 0.3) is 34.9 Å². The number of rotatable bonds is 7. The molecule has 32 heavy (non-hydrogen) atoms. The third-order valence-electron chi connectivity index (χ3n) is 4.63. The van der Waals surface area contributed by atoms with E-state index in [1.807, 2.05) is 79.7 Å². The molecule has 0 saturated heterocycles. The summed E-state index contributed by atoms with van der Waals surface area (Å²) in [6, 6.07) is 19.8. The van der Waals surface area contributed by atoms with Gasteiger partial charge >= 0.3 is 0 Å². The quantitative estimate of drug-likeness (QED) is 0.339. The Morgan fingerprint density at radius 2 is 1.75 bits per heavy atom. The molecule has 9 heteroatoms. The first-order chi connectivity index (χ1) is 15.8. The van der Waals surface area contributed by atoms with Crippen LogP contribution in [0.1, 0.15) is 23.0 Å². The number of aromatic nitrogens is 6. The summed E-state index contributed by atoms with van der Waals surface area (Å²) < 4.78 is 11.3. The van der Waals surface area contributed by atoms with E-state index < -0.39 is 0 Å². The molecule has 8 nitrogen and oxygen atoms in total. The lowest BCUT2D eigenvalue weighted by Gasteiger charge is -1.98. The maximum Gasteiger partial charge on any atom is 0.253 e. The van der Waals surface area contributed by atoms with Crippen molar-refractivity contribution in [1.29, 1.82) is 0 Å². The summed E-state index contributed by atoms with van der Waals surface area (Å²) in [4.78, 5) is 4.46. The highest BCUT2D eigenvalue weighted by atomic mass is 32.2. The summed E-state index contributed by atoms with van der Waals surface area (Å²) in [6.45, 7) is 1.82. The number of benzene rings is 2. The Labute approximate surface area is 187 Å². The van der Waals surface area contributed by atoms with E-state index in [0.717, 1.165) is 11.1 Å². The molecule has 0 bridgehead atoms. The molecular weight excluding hydrogens is 424 g/mol. The first kappa shape index (κ1) is 20.0. The van der Waals surface area contributed by atoms with Crippen molar-refractivity contribution >= 4 is 23.9 Å². The average Bonchev–Trinajstić information content (AvgIpc) is 3.57. The Kier molecular flexibility index (Phi) is 5.63. The number of thioether (sulfide) groups is 1. The highest BCUT2D eigenvalue weighted by Crippen LogP contribution is 2.33. The van der Waals surface area contributed by atoms with Gasteiger partial charge in [-0.3, -0.25) is 5.10 Å². The van der Waals surface area contributed by atoms with Gasteiger partial charge in [0.05, 0.1) is 5.75 Å². The Hall–Kier alpha value is -3.98. The highest BCUT2D eigenvalue weighted by Gasteiger charge is 2.22. The standard InChI is InChI=1S/C23H18N6O2S/c1-15-20(21(29-31-15)17-10-6-3-7-11-17)22-27-26-19(30-22)14-32-23-24-18(25-28-23)13-12-16-8-4-2-5-9-16/h2-13H,14H2,1H3,(H,24,25,28)/b13-12+. The van der Waals surface area contributed by atoms with Crippen LogP contribution in [0.15, 0.2) is 74.8 Å². The van der Waals surface area contributed by atoms with Gasteiger partial charge in [-0.2, -0.15) is 0 Å². The fraction of sp³-hybridized carbons (Fsp3) is 0.0870. The minimum absolute atomic E-state index is 0.375. The second-order valence-electron chi connectivity index (χ2n) is 6.87. The Morgan fingerprint density at radius 1 is 0.969 bits per heavy atom. The van der Waals surface area contributed by atoms with Crippen molar-refractivity contribution in [2.45, 2.75) is 17.8 Å². The molecule has 0 amide bonds. The van der Waals surface area contributed by atoms with E-state index in [-0.39, 0.29) is 0 Å². The third kappa shape index (κ3) is 4.37. The Balaban J connectivity index is 1.27. The molecule has 158 valence electrons. The van der Waals surface area contributed by atoms with Crippen molar-refractivity contribution in [2.24, 2.45) is 0 Å². The van der Waals surface area contributed by atoms with Crippen LogP contribution in [0.4, 0.5) is 0 Å². The molecule has 2 aromatic carbocycles. The first-order valence-electron chi connectivity index (χ1n) is 9.89. The van der Waals surface area contributed by atoms with Crippen molar-refractivity contribution in [3.63, 3.8) is 0 Å². The van der Waals surface area contributed by atoms with E-state index in [1.54, 1.807) is 0 Å². The summed E-state index contributed by atoms with van der Waals surface area (Å²) in [5.41, 5.74) is 3.39. The van der Waals surface area contributed by atoms with Gasteiger partial charge in [-0.25, -0.2) is 4.98 Å². The normalized spacial score (nSPS) is 11.4. The molecule has 0 fully saturated rings. The van der Waals surface area contributed by atoms with Crippen LogP contribution in [0.5, 0.6) is 0 Å². The molecule has 0 aliphatic heterocycles. The monoisotopic (exact) mass is 442 g/mol. The molecule has 0 spiro atoms. The second-order valence-corrected chi connectivity index (χ2v) is 7.81. The van der Waals surface area contributed by atoms with E-state index in [4.69, 9.17) is 8.94 Å². The molecule has 0 unspecified atom stereocenters. The van der Waals surface area contributed by atoms with Gasteiger partial charge in [-0.05, 0) is 18.6 Å². The van der Waals surface area contributed by atoms with Crippen LogP contribution in [-0.2, 0) is 5.75 Å². The van der Waals surface area contributed by atoms with Crippen LogP contribution < -0.4 is 0 Å². The fourth-order valence-electron chi connectivity index (χ4n) is 3.09. The van der Waals surface area contributed by atoms with Gasteiger partial charge in [-0.1, -0.05) is 83.7 Å². The van der Waals surface area contributed by atoms with E-state index in [0.29, 0.717) is 45.5 Å². The van der Waals surface area contributed by atoms with Crippen molar-refractivity contribution in [3.8, 4) is 22.7 Å². The lowest BCUT2D eigenvalue weighted by molar-refractivity contribution is 0.399. The predicted molar refractivity (Wildman–Crippen MR) is 121 cm³/mol. The summed E-state index contributed by atoms with van der Waals surface area (Å²) in [6.07, 6.45) is 3.86. The molecule has 0 atom stereocenters. The van der Waals surface area contributed by atoms with Gasteiger partial charge in [0.15, 0.2) is 0 Å². The number of aryl methyl sites for hydroxylation is 1. The average molecular weight is 443 g/mol. The van der Waals surface area contributed by atoms with Crippen LogP contribution in [0.3, 0.4) is 0 Å². The largest absolute Gasteiger partial charge is 0.420 e. The maximum absolute atomic E-state index is 5.88. The zero-order chi connectivity index (χ0) is 21.8. The SMILES string of the molecule is Cc1onc(-c2ccccc2)c1-c1nnc(CSc2n[nH]c(/C=C/c3ccccc3)n2)o1. The maximum atomic E-state index is 5.88. The molecule has 0 saturated carbocycles. The zero-order valence-electron chi connectivity index (χ0n) is 17.1. The zero-order valence-corrected chi connectivity index (χ0v) is 17.9. The lowest BCUT2D eigenvalue weighted by atomic mass is 10.1. The van der Waals surface area contributed by atoms with E-state index in [2.05, 4.69) is 30.5 Å². The van der Waals surface area contributed by atoms with Crippen molar-refractivity contribution < 1.29 is 8.94 Å². The number of hydrogen-bond donors (Lipinski definition) is 1. The molecule has 1 N–H and O–H groups in total. The van der Waals surface area contributed by atoms with Gasteiger partial charge < -0.3 is 8.94 Å². The number of H-pyrrole nitrogens is 1. The minimum Gasteiger partial charge on any atom is -0.420 e. The Morgan fingerprint density at radius 3 is 2.56 bits per heavy atom. The van der Waals surface area contributed by atoms with Crippen LogP contribution in [0.2, 0.25) is 0 Å². The van der Waals surface area contributed by atoms with Crippen molar-refractivity contribution in [3.05, 3.63) is 83.7 Å². The minimum atomic E-state index is 0.375.